The van der Waals surface area contributed by atoms with Crippen molar-refractivity contribution in [3.8, 4) is 5.75 Å². The van der Waals surface area contributed by atoms with E-state index in [0.29, 0.717) is 11.8 Å². The number of hydrogen-bond donors (Lipinski definition) is 0. The van der Waals surface area contributed by atoms with Gasteiger partial charge in [0.05, 0.1) is 11.4 Å². The summed E-state index contributed by atoms with van der Waals surface area (Å²) in [6.45, 7) is 0. The second kappa shape index (κ2) is 7.39. The summed E-state index contributed by atoms with van der Waals surface area (Å²) in [7, 11) is 0. The Labute approximate surface area is 147 Å². The summed E-state index contributed by atoms with van der Waals surface area (Å²) in [5.41, 5.74) is 1.94. The number of ether oxygens (including phenoxy) is 1. The van der Waals surface area contributed by atoms with E-state index in [0.717, 1.165) is 23.3 Å². The Morgan fingerprint density at radius 3 is 1.77 bits per heavy atom. The fraction of sp³-hybridized carbons (Fsp3) is 0.0500. The smallest absolute Gasteiger partial charge is 0.406 e. The molecular weight excluding hydrogens is 346 g/mol. The molecule has 3 aromatic rings. The third-order valence-corrected chi connectivity index (χ3v) is 3.48. The first-order valence-electron chi connectivity index (χ1n) is 7.67. The van der Waals surface area contributed by atoms with Crippen molar-refractivity contribution in [2.45, 2.75) is 6.36 Å². The predicted molar refractivity (Wildman–Crippen MR) is 91.3 cm³/mol. The normalized spacial score (nSPS) is 11.1. The lowest BCUT2D eigenvalue weighted by Gasteiger charge is -2.10. The standard InChI is InChI=1S/C20H13F4NO/c21-17-13-16(26-20(22,23)24)11-12-18(17)25-19(14-7-3-1-4-8-14)15-9-5-2-6-10-15/h1-13H. The second-order valence-corrected chi connectivity index (χ2v) is 5.35. The number of nitrogens with zero attached hydrogens (tertiary/aromatic N) is 1. The molecule has 0 aliphatic carbocycles. The summed E-state index contributed by atoms with van der Waals surface area (Å²) >= 11 is 0. The molecule has 0 N–H and O–H groups in total. The molecule has 0 saturated heterocycles. The Morgan fingerprint density at radius 1 is 0.769 bits per heavy atom. The van der Waals surface area contributed by atoms with Gasteiger partial charge in [-0.1, -0.05) is 60.7 Å². The van der Waals surface area contributed by atoms with E-state index >= 15 is 0 Å². The molecule has 6 heteroatoms. The number of hydrogen-bond acceptors (Lipinski definition) is 2. The second-order valence-electron chi connectivity index (χ2n) is 5.35. The summed E-state index contributed by atoms with van der Waals surface area (Å²) in [5, 5.41) is 0. The third-order valence-electron chi connectivity index (χ3n) is 3.48. The van der Waals surface area contributed by atoms with E-state index in [9.17, 15) is 17.6 Å². The van der Waals surface area contributed by atoms with E-state index in [4.69, 9.17) is 0 Å². The maximum atomic E-state index is 14.3. The van der Waals surface area contributed by atoms with Crippen LogP contribution in [-0.4, -0.2) is 12.1 Å². The number of benzene rings is 3. The fourth-order valence-electron chi connectivity index (χ4n) is 2.38. The molecule has 2 nitrogen and oxygen atoms in total. The van der Waals surface area contributed by atoms with Gasteiger partial charge in [0.2, 0.25) is 0 Å². The molecule has 0 heterocycles. The monoisotopic (exact) mass is 359 g/mol. The number of halogens is 4. The van der Waals surface area contributed by atoms with Crippen LogP contribution in [0.3, 0.4) is 0 Å². The molecule has 0 radical (unpaired) electrons. The summed E-state index contributed by atoms with van der Waals surface area (Å²) < 4.78 is 54.7. The molecular formula is C20H13F4NO. The maximum absolute atomic E-state index is 14.3. The van der Waals surface area contributed by atoms with E-state index in [2.05, 4.69) is 9.73 Å². The van der Waals surface area contributed by atoms with Gasteiger partial charge in [-0.2, -0.15) is 0 Å². The lowest BCUT2D eigenvalue weighted by Crippen LogP contribution is -2.17. The quantitative estimate of drug-likeness (QED) is 0.420. The van der Waals surface area contributed by atoms with Gasteiger partial charge in [0.15, 0.2) is 5.82 Å². The van der Waals surface area contributed by atoms with Crippen molar-refractivity contribution >= 4 is 11.4 Å². The van der Waals surface area contributed by atoms with E-state index < -0.39 is 17.9 Å². The van der Waals surface area contributed by atoms with Crippen LogP contribution < -0.4 is 4.74 Å². The zero-order valence-corrected chi connectivity index (χ0v) is 13.4. The SMILES string of the molecule is Fc1cc(OC(F)(F)F)ccc1N=C(c1ccccc1)c1ccccc1. The van der Waals surface area contributed by atoms with Gasteiger partial charge in [0.25, 0.3) is 0 Å². The average molecular weight is 359 g/mol. The number of rotatable bonds is 4. The van der Waals surface area contributed by atoms with Crippen LogP contribution in [0.15, 0.2) is 83.9 Å². The Balaban J connectivity index is 2.04. The molecule has 0 unspecified atom stereocenters. The van der Waals surface area contributed by atoms with E-state index in [-0.39, 0.29) is 5.69 Å². The Hall–Kier alpha value is -3.15. The first-order chi connectivity index (χ1) is 12.4. The average Bonchev–Trinajstić information content (AvgIpc) is 2.61. The molecule has 0 aliphatic heterocycles. The van der Waals surface area contributed by atoms with Crippen LogP contribution >= 0.6 is 0 Å². The lowest BCUT2D eigenvalue weighted by molar-refractivity contribution is -0.274. The minimum absolute atomic E-state index is 0.0813. The van der Waals surface area contributed by atoms with Crippen molar-refractivity contribution in [3.05, 3.63) is 95.8 Å². The molecule has 3 aromatic carbocycles. The highest BCUT2D eigenvalue weighted by atomic mass is 19.4. The highest BCUT2D eigenvalue weighted by Crippen LogP contribution is 2.28. The highest BCUT2D eigenvalue weighted by molar-refractivity contribution is 6.13. The molecule has 0 aromatic heterocycles. The van der Waals surface area contributed by atoms with Crippen molar-refractivity contribution < 1.29 is 22.3 Å². The lowest BCUT2D eigenvalue weighted by atomic mass is 10.0. The van der Waals surface area contributed by atoms with E-state index in [1.165, 1.54) is 0 Å². The van der Waals surface area contributed by atoms with Crippen LogP contribution in [0.4, 0.5) is 23.2 Å². The van der Waals surface area contributed by atoms with E-state index in [1.54, 1.807) is 0 Å². The van der Waals surface area contributed by atoms with Crippen molar-refractivity contribution in [1.82, 2.24) is 0 Å². The maximum Gasteiger partial charge on any atom is 0.573 e. The molecule has 0 spiro atoms. The van der Waals surface area contributed by atoms with Gasteiger partial charge in [-0.15, -0.1) is 13.2 Å². The van der Waals surface area contributed by atoms with Crippen molar-refractivity contribution in [2.75, 3.05) is 0 Å². The van der Waals surface area contributed by atoms with Gasteiger partial charge < -0.3 is 4.74 Å². The van der Waals surface area contributed by atoms with Crippen LogP contribution in [0.1, 0.15) is 11.1 Å². The zero-order chi connectivity index (χ0) is 18.6. The van der Waals surface area contributed by atoms with Crippen LogP contribution in [0.5, 0.6) is 5.75 Å². The Kier molecular flexibility index (Phi) is 5.02. The first-order valence-corrected chi connectivity index (χ1v) is 7.67. The molecule has 0 saturated carbocycles. The van der Waals surface area contributed by atoms with Crippen molar-refractivity contribution in [1.29, 1.82) is 0 Å². The van der Waals surface area contributed by atoms with Gasteiger partial charge in [0.1, 0.15) is 5.75 Å². The number of aliphatic imine (C=N–C) groups is 1. The summed E-state index contributed by atoms with van der Waals surface area (Å²) in [6.07, 6.45) is -4.88. The van der Waals surface area contributed by atoms with Gasteiger partial charge in [-0.05, 0) is 12.1 Å². The van der Waals surface area contributed by atoms with E-state index in [1.807, 2.05) is 60.7 Å². The van der Waals surface area contributed by atoms with Crippen molar-refractivity contribution in [2.24, 2.45) is 4.99 Å². The van der Waals surface area contributed by atoms with Crippen LogP contribution in [0.25, 0.3) is 0 Å². The summed E-state index contributed by atoms with van der Waals surface area (Å²) in [4.78, 5) is 4.34. The third kappa shape index (κ3) is 4.47. The Morgan fingerprint density at radius 2 is 1.31 bits per heavy atom. The van der Waals surface area contributed by atoms with Crippen LogP contribution in [-0.2, 0) is 0 Å². The van der Waals surface area contributed by atoms with Gasteiger partial charge in [-0.3, -0.25) is 0 Å². The fourth-order valence-corrected chi connectivity index (χ4v) is 2.38. The van der Waals surface area contributed by atoms with Crippen molar-refractivity contribution in [3.63, 3.8) is 0 Å². The molecule has 0 atom stereocenters. The molecule has 0 fully saturated rings. The Bertz CT molecular complexity index is 865. The molecule has 26 heavy (non-hydrogen) atoms. The molecule has 132 valence electrons. The minimum Gasteiger partial charge on any atom is -0.406 e. The molecule has 0 amide bonds. The zero-order valence-electron chi connectivity index (χ0n) is 13.4. The van der Waals surface area contributed by atoms with Gasteiger partial charge in [0, 0.05) is 17.2 Å². The minimum atomic E-state index is -4.88. The topological polar surface area (TPSA) is 21.6 Å². The summed E-state index contributed by atoms with van der Waals surface area (Å²) in [6, 6.07) is 21.1. The molecule has 3 rings (SSSR count). The molecule has 0 aliphatic rings. The predicted octanol–water partition coefficient (Wildman–Crippen LogP) is 5.89. The van der Waals surface area contributed by atoms with Gasteiger partial charge in [-0.25, -0.2) is 9.38 Å². The van der Waals surface area contributed by atoms with Crippen LogP contribution in [0, 0.1) is 5.82 Å². The van der Waals surface area contributed by atoms with Crippen LogP contribution in [0.2, 0.25) is 0 Å². The largest absolute Gasteiger partial charge is 0.573 e. The van der Waals surface area contributed by atoms with Gasteiger partial charge >= 0.3 is 6.36 Å². The molecule has 0 bridgehead atoms. The highest BCUT2D eigenvalue weighted by Gasteiger charge is 2.31. The first kappa shape index (κ1) is 17.7. The summed E-state index contributed by atoms with van der Waals surface area (Å²) in [5.74, 6) is -1.54. The number of alkyl halides is 3.